The van der Waals surface area contributed by atoms with Crippen LogP contribution in [0.25, 0.3) is 0 Å². The molecule has 2 rings (SSSR count). The molecule has 10 heteroatoms. The van der Waals surface area contributed by atoms with Crippen LogP contribution in [0.4, 0.5) is 18.9 Å². The summed E-state index contributed by atoms with van der Waals surface area (Å²) < 4.78 is 38.1. The van der Waals surface area contributed by atoms with Crippen LogP contribution in [0.2, 0.25) is 0 Å². The fraction of sp³-hybridized carbons (Fsp3) is 0.350. The molecule has 0 saturated carbocycles. The Bertz CT molecular complexity index is 885. The Hall–Kier alpha value is -2.88. The zero-order chi connectivity index (χ0) is 22.3. The third kappa shape index (κ3) is 6.87. The normalized spacial score (nSPS) is 12.2. The van der Waals surface area contributed by atoms with E-state index in [1.807, 2.05) is 17.5 Å². The van der Waals surface area contributed by atoms with Gasteiger partial charge in [0, 0.05) is 30.6 Å². The van der Waals surface area contributed by atoms with Gasteiger partial charge < -0.3 is 15.5 Å². The third-order valence-corrected chi connectivity index (χ3v) is 5.14. The van der Waals surface area contributed by atoms with E-state index in [-0.39, 0.29) is 31.3 Å². The quantitative estimate of drug-likeness (QED) is 0.653. The first-order valence-electron chi connectivity index (χ1n) is 9.15. The predicted molar refractivity (Wildman–Crippen MR) is 108 cm³/mol. The molecular weight excluding hydrogens is 419 g/mol. The number of nitrogens with one attached hydrogen (secondary N) is 2. The molecule has 1 aromatic heterocycles. The van der Waals surface area contributed by atoms with Crippen molar-refractivity contribution in [1.29, 1.82) is 0 Å². The van der Waals surface area contributed by atoms with Gasteiger partial charge in [-0.2, -0.15) is 13.2 Å². The highest BCUT2D eigenvalue weighted by Crippen LogP contribution is 2.24. The molecule has 6 nitrogen and oxygen atoms in total. The zero-order valence-corrected chi connectivity index (χ0v) is 17.3. The minimum Gasteiger partial charge on any atom is -0.348 e. The summed E-state index contributed by atoms with van der Waals surface area (Å²) in [5.41, 5.74) is 0.838. The Morgan fingerprint density at radius 2 is 1.90 bits per heavy atom. The van der Waals surface area contributed by atoms with Gasteiger partial charge in [0.2, 0.25) is 11.8 Å². The molecule has 30 heavy (non-hydrogen) atoms. The number of nitrogens with zero attached hydrogens (tertiary/aromatic N) is 1. The molecule has 1 aromatic carbocycles. The van der Waals surface area contributed by atoms with Crippen LogP contribution >= 0.6 is 11.3 Å². The number of amides is 3. The van der Waals surface area contributed by atoms with Crippen LogP contribution in [0.1, 0.15) is 36.8 Å². The highest BCUT2D eigenvalue weighted by Gasteiger charge is 2.41. The van der Waals surface area contributed by atoms with Gasteiger partial charge in [-0.05, 0) is 36.1 Å². The lowest BCUT2D eigenvalue weighted by molar-refractivity contribution is -0.185. The average Bonchev–Trinajstić information content (AvgIpc) is 3.19. The number of carbonyl (C=O) groups is 3. The molecule has 1 unspecified atom stereocenters. The van der Waals surface area contributed by atoms with Crippen LogP contribution in [-0.4, -0.2) is 35.3 Å². The molecule has 0 radical (unpaired) electrons. The smallest absolute Gasteiger partial charge is 0.348 e. The highest BCUT2D eigenvalue weighted by atomic mass is 32.1. The van der Waals surface area contributed by atoms with Crippen molar-refractivity contribution in [3.63, 3.8) is 0 Å². The second-order valence-corrected chi connectivity index (χ2v) is 7.52. The number of halogens is 3. The summed E-state index contributed by atoms with van der Waals surface area (Å²) in [7, 11) is 0. The van der Waals surface area contributed by atoms with Crippen molar-refractivity contribution < 1.29 is 27.6 Å². The lowest BCUT2D eigenvalue weighted by atomic mass is 10.1. The van der Waals surface area contributed by atoms with E-state index in [1.165, 1.54) is 31.3 Å². The standard InChI is InChI=1S/C20H22F3N3O3S/c1-3-26(19(29)20(21,22)23)12-14-6-4-7-15(10-14)25-18(28)11-16(24-13(2)27)17-8-5-9-30-17/h4-10,16H,3,11-12H2,1-2H3,(H,24,27)(H,25,28). The third-order valence-electron chi connectivity index (χ3n) is 4.15. The van der Waals surface area contributed by atoms with Gasteiger partial charge in [0.25, 0.3) is 0 Å². The fourth-order valence-corrected chi connectivity index (χ4v) is 3.61. The van der Waals surface area contributed by atoms with E-state index in [4.69, 9.17) is 0 Å². The number of hydrogen-bond donors (Lipinski definition) is 2. The van der Waals surface area contributed by atoms with Gasteiger partial charge in [-0.15, -0.1) is 11.3 Å². The fourth-order valence-electron chi connectivity index (χ4n) is 2.83. The van der Waals surface area contributed by atoms with Crippen molar-refractivity contribution in [3.8, 4) is 0 Å². The van der Waals surface area contributed by atoms with Crippen molar-refractivity contribution in [2.75, 3.05) is 11.9 Å². The minimum atomic E-state index is -4.94. The SMILES string of the molecule is CCN(Cc1cccc(NC(=O)CC(NC(C)=O)c2cccs2)c1)C(=O)C(F)(F)F. The van der Waals surface area contributed by atoms with Crippen LogP contribution in [-0.2, 0) is 20.9 Å². The van der Waals surface area contributed by atoms with Gasteiger partial charge in [-0.1, -0.05) is 18.2 Å². The summed E-state index contributed by atoms with van der Waals surface area (Å²) in [6, 6.07) is 9.43. The maximum absolute atomic E-state index is 12.7. The molecule has 2 N–H and O–H groups in total. The van der Waals surface area contributed by atoms with Crippen LogP contribution in [0.5, 0.6) is 0 Å². The van der Waals surface area contributed by atoms with E-state index < -0.39 is 18.1 Å². The summed E-state index contributed by atoms with van der Waals surface area (Å²) in [6.45, 7) is 2.49. The van der Waals surface area contributed by atoms with Gasteiger partial charge in [-0.3, -0.25) is 14.4 Å². The van der Waals surface area contributed by atoms with Gasteiger partial charge >= 0.3 is 12.1 Å². The Kier molecular flexibility index (Phi) is 7.99. The average molecular weight is 441 g/mol. The van der Waals surface area contributed by atoms with Crippen molar-refractivity contribution >= 4 is 34.7 Å². The monoisotopic (exact) mass is 441 g/mol. The zero-order valence-electron chi connectivity index (χ0n) is 16.5. The van der Waals surface area contributed by atoms with E-state index in [9.17, 15) is 27.6 Å². The molecule has 0 saturated heterocycles. The lowest BCUT2D eigenvalue weighted by Gasteiger charge is -2.22. The summed E-state index contributed by atoms with van der Waals surface area (Å²) in [5.74, 6) is -2.54. The van der Waals surface area contributed by atoms with Crippen molar-refractivity contribution in [3.05, 3.63) is 52.2 Å². The number of anilines is 1. The van der Waals surface area contributed by atoms with Gasteiger partial charge in [0.05, 0.1) is 12.5 Å². The second-order valence-electron chi connectivity index (χ2n) is 6.54. The summed E-state index contributed by atoms with van der Waals surface area (Å²) in [4.78, 5) is 36.9. The number of carbonyl (C=O) groups excluding carboxylic acids is 3. The molecule has 162 valence electrons. The first kappa shape index (κ1) is 23.4. The first-order chi connectivity index (χ1) is 14.1. The van der Waals surface area contributed by atoms with Crippen LogP contribution in [0.15, 0.2) is 41.8 Å². The van der Waals surface area contributed by atoms with E-state index in [0.29, 0.717) is 16.2 Å². The molecule has 0 bridgehead atoms. The predicted octanol–water partition coefficient (Wildman–Crippen LogP) is 3.86. The van der Waals surface area contributed by atoms with E-state index in [0.717, 1.165) is 4.88 Å². The second kappa shape index (κ2) is 10.2. The van der Waals surface area contributed by atoms with Gasteiger partial charge in [0.15, 0.2) is 0 Å². The lowest BCUT2D eigenvalue weighted by Crippen LogP contribution is -2.40. The number of benzene rings is 1. The van der Waals surface area contributed by atoms with E-state index in [2.05, 4.69) is 10.6 Å². The molecule has 3 amide bonds. The number of hydrogen-bond acceptors (Lipinski definition) is 4. The van der Waals surface area contributed by atoms with E-state index >= 15 is 0 Å². The molecule has 0 aliphatic carbocycles. The molecular formula is C20H22F3N3O3S. The summed E-state index contributed by atoms with van der Waals surface area (Å²) in [5, 5.41) is 7.26. The van der Waals surface area contributed by atoms with Crippen molar-refractivity contribution in [1.82, 2.24) is 10.2 Å². The number of alkyl halides is 3. The summed E-state index contributed by atoms with van der Waals surface area (Å²) >= 11 is 1.41. The Balaban J connectivity index is 2.05. The van der Waals surface area contributed by atoms with E-state index in [1.54, 1.807) is 18.2 Å². The van der Waals surface area contributed by atoms with Crippen molar-refractivity contribution in [2.24, 2.45) is 0 Å². The molecule has 1 atom stereocenters. The molecule has 2 aromatic rings. The first-order valence-corrected chi connectivity index (χ1v) is 10.0. The number of rotatable bonds is 8. The molecule has 1 heterocycles. The topological polar surface area (TPSA) is 78.5 Å². The van der Waals surface area contributed by atoms with Crippen LogP contribution in [0, 0.1) is 0 Å². The van der Waals surface area contributed by atoms with Gasteiger partial charge in [0.1, 0.15) is 0 Å². The Morgan fingerprint density at radius 1 is 1.17 bits per heavy atom. The molecule has 0 spiro atoms. The van der Waals surface area contributed by atoms with Crippen LogP contribution < -0.4 is 10.6 Å². The molecule has 0 aliphatic heterocycles. The Morgan fingerprint density at radius 3 is 2.47 bits per heavy atom. The van der Waals surface area contributed by atoms with Crippen LogP contribution in [0.3, 0.4) is 0 Å². The maximum atomic E-state index is 12.7. The molecule has 0 aliphatic rings. The minimum absolute atomic E-state index is 0.00202. The largest absolute Gasteiger partial charge is 0.471 e. The van der Waals surface area contributed by atoms with Gasteiger partial charge in [-0.25, -0.2) is 0 Å². The number of thiophene rings is 1. The Labute approximate surface area is 176 Å². The summed E-state index contributed by atoms with van der Waals surface area (Å²) in [6.07, 6.45) is -4.94. The maximum Gasteiger partial charge on any atom is 0.471 e. The highest BCUT2D eigenvalue weighted by molar-refractivity contribution is 7.10. The molecule has 0 fully saturated rings. The van der Waals surface area contributed by atoms with Crippen molar-refractivity contribution in [2.45, 2.75) is 39.0 Å².